The van der Waals surface area contributed by atoms with Crippen LogP contribution < -0.4 is 5.32 Å². The fourth-order valence-corrected chi connectivity index (χ4v) is 4.10. The van der Waals surface area contributed by atoms with Crippen LogP contribution in [0.4, 0.5) is 4.39 Å². The number of aromatic amines is 1. The quantitative estimate of drug-likeness (QED) is 0.710. The molecule has 1 atom stereocenters. The zero-order valence-electron chi connectivity index (χ0n) is 13.3. The normalized spacial score (nSPS) is 12.4. The van der Waals surface area contributed by atoms with Gasteiger partial charge in [0.05, 0.1) is 4.90 Å². The molecule has 0 aliphatic heterocycles. The average molecular weight is 382 g/mol. The fraction of sp³-hybridized carbons (Fsp3) is 0.118. The van der Waals surface area contributed by atoms with Crippen molar-refractivity contribution in [2.24, 2.45) is 0 Å². The monoisotopic (exact) mass is 381 g/mol. The number of nitrogens with zero attached hydrogens (tertiary/aromatic N) is 1. The summed E-state index contributed by atoms with van der Waals surface area (Å²) in [4.78, 5) is 6.93. The Balaban J connectivity index is 0.00000225. The van der Waals surface area contributed by atoms with Gasteiger partial charge in [0.25, 0.3) is 0 Å². The van der Waals surface area contributed by atoms with Crippen LogP contribution in [0.25, 0.3) is 11.3 Å². The summed E-state index contributed by atoms with van der Waals surface area (Å²) in [5.41, 5.74) is 1.40. The first-order valence-electron chi connectivity index (χ1n) is 7.28. The molecular weight excluding hydrogens is 365 g/mol. The van der Waals surface area contributed by atoms with Crippen molar-refractivity contribution in [2.45, 2.75) is 10.3 Å². The lowest BCUT2D eigenvalue weighted by Gasteiger charge is -2.15. The number of H-pyrrole nitrogens is 1. The number of rotatable bonds is 5. The minimum absolute atomic E-state index is 0. The molecular formula is C17H17ClFN3O2S. The molecule has 1 unspecified atom stereocenters. The van der Waals surface area contributed by atoms with Crippen LogP contribution >= 0.6 is 12.4 Å². The number of hydrogen-bond donors (Lipinski definition) is 2. The topological polar surface area (TPSA) is 74.8 Å². The lowest BCUT2D eigenvalue weighted by Crippen LogP contribution is -2.25. The van der Waals surface area contributed by atoms with Gasteiger partial charge in [-0.25, -0.2) is 12.8 Å². The average Bonchev–Trinajstić information content (AvgIpc) is 3.06. The molecule has 0 saturated carbocycles. The summed E-state index contributed by atoms with van der Waals surface area (Å²) < 4.78 is 39.5. The predicted molar refractivity (Wildman–Crippen MR) is 96.7 cm³/mol. The standard InChI is InChI=1S/C17H16FN3O2S.ClH/c1-19-17(24(22,23)13-5-4-8-20-11-13)12-9-16(21-10-12)14-6-2-3-7-15(14)18;/h2-11,17,19,21H,1H3;1H. The Kier molecular flexibility index (Phi) is 5.94. The van der Waals surface area contributed by atoms with Gasteiger partial charge in [0.1, 0.15) is 11.2 Å². The molecule has 25 heavy (non-hydrogen) atoms. The van der Waals surface area contributed by atoms with Crippen molar-refractivity contribution in [3.05, 3.63) is 72.4 Å². The van der Waals surface area contributed by atoms with Crippen LogP contribution in [0.1, 0.15) is 10.9 Å². The molecule has 0 saturated heterocycles. The van der Waals surface area contributed by atoms with Crippen LogP contribution in [0.15, 0.2) is 66.0 Å². The Labute approximate surface area is 151 Å². The minimum Gasteiger partial charge on any atom is -0.361 e. The Morgan fingerprint density at radius 2 is 1.96 bits per heavy atom. The van der Waals surface area contributed by atoms with Crippen molar-refractivity contribution in [3.63, 3.8) is 0 Å². The van der Waals surface area contributed by atoms with E-state index in [4.69, 9.17) is 0 Å². The molecule has 3 rings (SSSR count). The van der Waals surface area contributed by atoms with Gasteiger partial charge in [0, 0.05) is 35.4 Å². The van der Waals surface area contributed by atoms with Crippen LogP contribution in [-0.2, 0) is 9.84 Å². The molecule has 0 aliphatic rings. The van der Waals surface area contributed by atoms with Gasteiger partial charge >= 0.3 is 0 Å². The molecule has 0 radical (unpaired) electrons. The Bertz CT molecular complexity index is 945. The Morgan fingerprint density at radius 1 is 1.20 bits per heavy atom. The van der Waals surface area contributed by atoms with Gasteiger partial charge in [0.2, 0.25) is 0 Å². The lowest BCUT2D eigenvalue weighted by molar-refractivity contribution is 0.569. The summed E-state index contributed by atoms with van der Waals surface area (Å²) in [5.74, 6) is -0.373. The number of halogens is 2. The first-order valence-corrected chi connectivity index (χ1v) is 8.83. The second kappa shape index (κ2) is 7.77. The molecule has 2 heterocycles. The summed E-state index contributed by atoms with van der Waals surface area (Å²) >= 11 is 0. The maximum absolute atomic E-state index is 13.9. The van der Waals surface area contributed by atoms with Gasteiger partial charge in [-0.2, -0.15) is 0 Å². The van der Waals surface area contributed by atoms with E-state index >= 15 is 0 Å². The highest BCUT2D eigenvalue weighted by atomic mass is 35.5. The molecule has 0 bridgehead atoms. The number of hydrogen-bond acceptors (Lipinski definition) is 4. The van der Waals surface area contributed by atoms with E-state index in [9.17, 15) is 12.8 Å². The third-order valence-corrected chi connectivity index (χ3v) is 5.73. The number of pyridine rings is 1. The van der Waals surface area contributed by atoms with Crippen molar-refractivity contribution in [1.29, 1.82) is 0 Å². The Morgan fingerprint density at radius 3 is 2.60 bits per heavy atom. The smallest absolute Gasteiger partial charge is 0.200 e. The number of aromatic nitrogens is 2. The van der Waals surface area contributed by atoms with Crippen molar-refractivity contribution in [2.75, 3.05) is 7.05 Å². The van der Waals surface area contributed by atoms with E-state index in [1.54, 1.807) is 43.6 Å². The fourth-order valence-electron chi connectivity index (χ4n) is 2.55. The summed E-state index contributed by atoms with van der Waals surface area (Å²) in [7, 11) is -2.11. The SMILES string of the molecule is CNC(c1c[nH]c(-c2ccccc2F)c1)S(=O)(=O)c1cccnc1.Cl. The van der Waals surface area contributed by atoms with Crippen molar-refractivity contribution in [3.8, 4) is 11.3 Å². The van der Waals surface area contributed by atoms with Crippen molar-refractivity contribution >= 4 is 22.2 Å². The van der Waals surface area contributed by atoms with E-state index in [1.165, 1.54) is 24.5 Å². The van der Waals surface area contributed by atoms with Crippen LogP contribution in [0, 0.1) is 5.82 Å². The molecule has 132 valence electrons. The lowest BCUT2D eigenvalue weighted by atomic mass is 10.1. The van der Waals surface area contributed by atoms with Gasteiger partial charge in [-0.3, -0.25) is 4.98 Å². The zero-order chi connectivity index (χ0) is 17.2. The van der Waals surface area contributed by atoms with E-state index in [-0.39, 0.29) is 23.1 Å². The molecule has 2 N–H and O–H groups in total. The van der Waals surface area contributed by atoms with Crippen molar-refractivity contribution in [1.82, 2.24) is 15.3 Å². The van der Waals surface area contributed by atoms with Crippen LogP contribution in [0.5, 0.6) is 0 Å². The molecule has 3 aromatic rings. The van der Waals surface area contributed by atoms with E-state index in [0.717, 1.165) is 0 Å². The molecule has 0 spiro atoms. The highest BCUT2D eigenvalue weighted by molar-refractivity contribution is 7.91. The molecule has 5 nitrogen and oxygen atoms in total. The second-order valence-corrected chi connectivity index (χ2v) is 7.26. The van der Waals surface area contributed by atoms with Crippen molar-refractivity contribution < 1.29 is 12.8 Å². The molecule has 1 aromatic carbocycles. The van der Waals surface area contributed by atoms with Crippen LogP contribution in [0.3, 0.4) is 0 Å². The molecule has 0 amide bonds. The molecule has 8 heteroatoms. The first-order chi connectivity index (χ1) is 11.5. The van der Waals surface area contributed by atoms with E-state index in [2.05, 4.69) is 15.3 Å². The first kappa shape index (κ1) is 19.1. The minimum atomic E-state index is -3.67. The maximum atomic E-state index is 13.9. The second-order valence-electron chi connectivity index (χ2n) is 5.23. The summed E-state index contributed by atoms with van der Waals surface area (Å²) in [6, 6.07) is 11.0. The van der Waals surface area contributed by atoms with Crippen LogP contribution in [-0.4, -0.2) is 25.4 Å². The van der Waals surface area contributed by atoms with Gasteiger partial charge in [0.15, 0.2) is 9.84 Å². The highest BCUT2D eigenvalue weighted by Gasteiger charge is 2.29. The summed E-state index contributed by atoms with van der Waals surface area (Å²) in [5, 5.41) is 1.85. The molecule has 0 fully saturated rings. The highest BCUT2D eigenvalue weighted by Crippen LogP contribution is 2.30. The molecule has 2 aromatic heterocycles. The Hall–Kier alpha value is -2.22. The molecule has 0 aliphatic carbocycles. The van der Waals surface area contributed by atoms with E-state index < -0.39 is 15.2 Å². The van der Waals surface area contributed by atoms with Crippen LogP contribution in [0.2, 0.25) is 0 Å². The zero-order valence-corrected chi connectivity index (χ0v) is 14.9. The largest absolute Gasteiger partial charge is 0.361 e. The number of benzene rings is 1. The summed E-state index contributed by atoms with van der Waals surface area (Å²) in [6.07, 6.45) is 4.39. The maximum Gasteiger partial charge on any atom is 0.200 e. The third-order valence-electron chi connectivity index (χ3n) is 3.71. The summed E-state index contributed by atoms with van der Waals surface area (Å²) in [6.45, 7) is 0. The van der Waals surface area contributed by atoms with Gasteiger partial charge in [-0.1, -0.05) is 12.1 Å². The number of nitrogens with one attached hydrogen (secondary N) is 2. The number of sulfone groups is 1. The van der Waals surface area contributed by atoms with Gasteiger partial charge in [-0.05, 0) is 37.4 Å². The predicted octanol–water partition coefficient (Wildman–Crippen LogP) is 3.33. The van der Waals surface area contributed by atoms with E-state index in [0.29, 0.717) is 16.8 Å². The van der Waals surface area contributed by atoms with E-state index in [1.807, 2.05) is 0 Å². The third kappa shape index (κ3) is 3.73. The van der Waals surface area contributed by atoms with Gasteiger partial charge in [-0.15, -0.1) is 12.4 Å². The van der Waals surface area contributed by atoms with Gasteiger partial charge < -0.3 is 10.3 Å².